The fourth-order valence-electron chi connectivity index (χ4n) is 3.79. The van der Waals surface area contributed by atoms with Gasteiger partial charge in [-0.15, -0.1) is 0 Å². The van der Waals surface area contributed by atoms with Crippen LogP contribution in [0.15, 0.2) is 24.3 Å². The zero-order valence-electron chi connectivity index (χ0n) is 16.4. The number of hydrogen-bond donors (Lipinski definition) is 1. The van der Waals surface area contributed by atoms with E-state index in [1.54, 1.807) is 0 Å². The molecule has 1 N–H and O–H groups in total. The molecule has 0 unspecified atom stereocenters. The van der Waals surface area contributed by atoms with Gasteiger partial charge in [0.2, 0.25) is 0 Å². The smallest absolute Gasteiger partial charge is 0.349 e. The lowest BCUT2D eigenvalue weighted by atomic mass is 9.86. The van der Waals surface area contributed by atoms with E-state index in [2.05, 4.69) is 10.4 Å². The molecular formula is C20H20ClF6N3O. The molecular weight excluding hydrogens is 448 g/mol. The van der Waals surface area contributed by atoms with Crippen molar-refractivity contribution in [2.45, 2.75) is 57.5 Å². The number of aryl methyl sites for hydroxylation is 1. The predicted molar refractivity (Wildman–Crippen MR) is 102 cm³/mol. The molecule has 1 aliphatic rings. The molecule has 0 aliphatic heterocycles. The number of hydrogen-bond acceptors (Lipinski definition) is 2. The fraction of sp³-hybridized carbons (Fsp3) is 0.500. The quantitative estimate of drug-likeness (QED) is 0.571. The van der Waals surface area contributed by atoms with Gasteiger partial charge >= 0.3 is 12.4 Å². The molecule has 1 amide bonds. The summed E-state index contributed by atoms with van der Waals surface area (Å²) in [6.45, 7) is 1.61. The molecule has 1 aromatic carbocycles. The van der Waals surface area contributed by atoms with Gasteiger partial charge in [0.1, 0.15) is 5.69 Å². The van der Waals surface area contributed by atoms with Crippen LogP contribution in [0.3, 0.4) is 0 Å². The van der Waals surface area contributed by atoms with Crippen LogP contribution in [0, 0.1) is 12.8 Å². The van der Waals surface area contributed by atoms with E-state index >= 15 is 0 Å². The van der Waals surface area contributed by atoms with Crippen LogP contribution >= 0.6 is 11.6 Å². The van der Waals surface area contributed by atoms with Crippen molar-refractivity contribution in [3.05, 3.63) is 51.8 Å². The molecule has 4 nitrogen and oxygen atoms in total. The highest BCUT2D eigenvalue weighted by Crippen LogP contribution is 2.34. The van der Waals surface area contributed by atoms with Crippen LogP contribution in [-0.2, 0) is 18.9 Å². The molecule has 170 valence electrons. The molecule has 0 radical (unpaired) electrons. The Kier molecular flexibility index (Phi) is 6.59. The number of carbonyl (C=O) groups is 1. The second-order valence-corrected chi connectivity index (χ2v) is 8.14. The van der Waals surface area contributed by atoms with Crippen LogP contribution in [0.25, 0.3) is 0 Å². The Bertz CT molecular complexity index is 945. The molecule has 0 saturated heterocycles. The van der Waals surface area contributed by atoms with Crippen LogP contribution in [0.5, 0.6) is 0 Å². The molecule has 2 aromatic rings. The number of rotatable bonds is 4. The summed E-state index contributed by atoms with van der Waals surface area (Å²) < 4.78 is 79.0. The number of nitrogens with one attached hydrogen (secondary N) is 1. The van der Waals surface area contributed by atoms with Gasteiger partial charge in [-0.2, -0.15) is 31.4 Å². The first-order chi connectivity index (χ1) is 14.3. The first-order valence-electron chi connectivity index (χ1n) is 9.64. The summed E-state index contributed by atoms with van der Waals surface area (Å²) in [6.07, 6.45) is -6.99. The molecule has 0 spiro atoms. The maximum absolute atomic E-state index is 13.1. The molecule has 31 heavy (non-hydrogen) atoms. The maximum Gasteiger partial charge on any atom is 0.433 e. The van der Waals surface area contributed by atoms with Gasteiger partial charge in [-0.25, -0.2) is 0 Å². The largest absolute Gasteiger partial charge is 0.433 e. The van der Waals surface area contributed by atoms with Crippen molar-refractivity contribution in [3.63, 3.8) is 0 Å². The van der Waals surface area contributed by atoms with E-state index in [1.165, 1.54) is 6.92 Å². The summed E-state index contributed by atoms with van der Waals surface area (Å²) >= 11 is 5.90. The van der Waals surface area contributed by atoms with Crippen LogP contribution in [0.2, 0.25) is 5.02 Å². The van der Waals surface area contributed by atoms with E-state index < -0.39 is 29.5 Å². The van der Waals surface area contributed by atoms with Crippen molar-refractivity contribution in [2.24, 2.45) is 5.92 Å². The Morgan fingerprint density at radius 3 is 2.32 bits per heavy atom. The minimum Gasteiger partial charge on any atom is -0.349 e. The van der Waals surface area contributed by atoms with Crippen molar-refractivity contribution in [2.75, 3.05) is 0 Å². The zero-order chi connectivity index (χ0) is 23.0. The maximum atomic E-state index is 13.1. The summed E-state index contributed by atoms with van der Waals surface area (Å²) in [5, 5.41) is 6.53. The molecule has 3 rings (SSSR count). The molecule has 0 bridgehead atoms. The lowest BCUT2D eigenvalue weighted by Crippen LogP contribution is -2.38. The lowest BCUT2D eigenvalue weighted by Gasteiger charge is -2.29. The number of carbonyl (C=O) groups excluding carboxylic acids is 1. The molecule has 1 heterocycles. The molecule has 1 aliphatic carbocycles. The third-order valence-electron chi connectivity index (χ3n) is 5.34. The topological polar surface area (TPSA) is 46.9 Å². The van der Waals surface area contributed by atoms with Crippen molar-refractivity contribution in [1.29, 1.82) is 0 Å². The summed E-state index contributed by atoms with van der Waals surface area (Å²) in [4.78, 5) is 12.4. The highest BCUT2D eigenvalue weighted by Gasteiger charge is 2.36. The predicted octanol–water partition coefficient (Wildman–Crippen LogP) is 5.87. The average Bonchev–Trinajstić information content (AvgIpc) is 3.03. The molecule has 11 heteroatoms. The Morgan fingerprint density at radius 1 is 1.10 bits per heavy atom. The highest BCUT2D eigenvalue weighted by atomic mass is 35.5. The van der Waals surface area contributed by atoms with Gasteiger partial charge in [0.05, 0.1) is 21.8 Å². The van der Waals surface area contributed by atoms with E-state index in [0.29, 0.717) is 31.7 Å². The lowest BCUT2D eigenvalue weighted by molar-refractivity contribution is -0.144. The van der Waals surface area contributed by atoms with Crippen molar-refractivity contribution < 1.29 is 31.1 Å². The number of amides is 1. The normalized spacial score (nSPS) is 20.0. The second kappa shape index (κ2) is 8.72. The average molecular weight is 468 g/mol. The Balaban J connectivity index is 1.60. The third kappa shape index (κ3) is 5.72. The van der Waals surface area contributed by atoms with Gasteiger partial charge in [0.25, 0.3) is 5.91 Å². The number of benzene rings is 1. The Morgan fingerprint density at radius 2 is 1.74 bits per heavy atom. The Labute approximate surface area is 179 Å². The van der Waals surface area contributed by atoms with E-state index in [-0.39, 0.29) is 34.8 Å². The van der Waals surface area contributed by atoms with Gasteiger partial charge < -0.3 is 5.32 Å². The van der Waals surface area contributed by atoms with Crippen LogP contribution in [0.4, 0.5) is 26.3 Å². The van der Waals surface area contributed by atoms with Crippen LogP contribution < -0.4 is 5.32 Å². The monoisotopic (exact) mass is 467 g/mol. The number of halogens is 7. The molecule has 1 aromatic heterocycles. The van der Waals surface area contributed by atoms with Gasteiger partial charge in [0, 0.05) is 12.6 Å². The summed E-state index contributed by atoms with van der Waals surface area (Å²) in [6, 6.07) is 3.25. The summed E-state index contributed by atoms with van der Waals surface area (Å²) in [5.41, 5.74) is -1.74. The van der Waals surface area contributed by atoms with E-state index in [4.69, 9.17) is 11.6 Å². The second-order valence-electron chi connectivity index (χ2n) is 7.73. The van der Waals surface area contributed by atoms with Gasteiger partial charge in [-0.05, 0) is 62.8 Å². The first-order valence-corrected chi connectivity index (χ1v) is 10.0. The van der Waals surface area contributed by atoms with Crippen molar-refractivity contribution >= 4 is 17.5 Å². The number of nitrogens with zero attached hydrogens (tertiary/aromatic N) is 2. The zero-order valence-corrected chi connectivity index (χ0v) is 17.2. The molecule has 1 saturated carbocycles. The van der Waals surface area contributed by atoms with E-state index in [0.717, 1.165) is 22.9 Å². The molecule has 0 atom stereocenters. The first kappa shape index (κ1) is 23.4. The standard InChI is InChI=1S/C20H20ClF6N3O/c1-11-8-17(20(25,26)27)30(29-11)10-12-2-5-14(6-3-12)28-18(31)15-9-13(19(22,23)24)4-7-16(15)21/h4,7-9,12,14H,2-3,5-6,10H2,1H3,(H,28,31). The summed E-state index contributed by atoms with van der Waals surface area (Å²) in [5.74, 6) is -0.757. The minimum atomic E-state index is -4.60. The number of alkyl halides is 6. The van der Waals surface area contributed by atoms with Crippen LogP contribution in [0.1, 0.15) is 53.0 Å². The van der Waals surface area contributed by atoms with Crippen molar-refractivity contribution in [3.8, 4) is 0 Å². The number of aromatic nitrogens is 2. The van der Waals surface area contributed by atoms with Crippen molar-refractivity contribution in [1.82, 2.24) is 15.1 Å². The van der Waals surface area contributed by atoms with Gasteiger partial charge in [-0.1, -0.05) is 11.6 Å². The Hall–Kier alpha value is -2.23. The van der Waals surface area contributed by atoms with E-state index in [9.17, 15) is 31.1 Å². The highest BCUT2D eigenvalue weighted by molar-refractivity contribution is 6.33. The van der Waals surface area contributed by atoms with Gasteiger partial charge in [-0.3, -0.25) is 9.48 Å². The van der Waals surface area contributed by atoms with Crippen LogP contribution in [-0.4, -0.2) is 21.7 Å². The fourth-order valence-corrected chi connectivity index (χ4v) is 3.99. The summed E-state index contributed by atoms with van der Waals surface area (Å²) in [7, 11) is 0. The minimum absolute atomic E-state index is 0.0503. The SMILES string of the molecule is Cc1cc(C(F)(F)F)n(CC2CCC(NC(=O)c3cc(C(F)(F)F)ccc3Cl)CC2)n1. The third-order valence-corrected chi connectivity index (χ3v) is 5.67. The van der Waals surface area contributed by atoms with E-state index in [1.807, 2.05) is 0 Å². The molecule has 1 fully saturated rings. The van der Waals surface area contributed by atoms with Gasteiger partial charge in [0.15, 0.2) is 0 Å².